The first-order valence-electron chi connectivity index (χ1n) is 11.8. The molecule has 3 nitrogen and oxygen atoms in total. The molecule has 178 valence electrons. The minimum Gasteiger partial charge on any atom is -0.339 e. The lowest BCUT2D eigenvalue weighted by Crippen LogP contribution is -2.15. The van der Waals surface area contributed by atoms with Crippen molar-refractivity contribution in [3.8, 4) is 11.4 Å². The van der Waals surface area contributed by atoms with Gasteiger partial charge in [-0.2, -0.15) is 13.2 Å². The lowest BCUT2D eigenvalue weighted by atomic mass is 9.79. The summed E-state index contributed by atoms with van der Waals surface area (Å²) in [6.07, 6.45) is -2.55. The van der Waals surface area contributed by atoms with Crippen molar-refractivity contribution >= 4 is 22.4 Å². The number of hydrogen-bond acceptors (Lipinski definition) is 3. The van der Waals surface area contributed by atoms with Crippen LogP contribution in [0.5, 0.6) is 0 Å². The van der Waals surface area contributed by atoms with Crippen molar-refractivity contribution in [2.45, 2.75) is 45.7 Å². The van der Waals surface area contributed by atoms with Crippen LogP contribution in [-0.2, 0) is 6.18 Å². The van der Waals surface area contributed by atoms with E-state index in [4.69, 9.17) is 0 Å². The number of nitrogens with one attached hydrogen (secondary N) is 1. The summed E-state index contributed by atoms with van der Waals surface area (Å²) in [5.74, 6) is 0.982. The van der Waals surface area contributed by atoms with Crippen molar-refractivity contribution in [2.75, 3.05) is 5.32 Å². The van der Waals surface area contributed by atoms with E-state index in [9.17, 15) is 13.2 Å². The number of fused-ring (bicyclic) bond motifs is 2. The summed E-state index contributed by atoms with van der Waals surface area (Å²) in [7, 11) is 0. The maximum atomic E-state index is 13.8. The fourth-order valence-corrected chi connectivity index (χ4v) is 4.93. The molecular weight excluding hydrogens is 447 g/mol. The van der Waals surface area contributed by atoms with E-state index in [0.29, 0.717) is 17.3 Å². The summed E-state index contributed by atoms with van der Waals surface area (Å²) in [5, 5.41) is 4.27. The average molecular weight is 474 g/mol. The first-order valence-corrected chi connectivity index (χ1v) is 11.8. The normalized spacial score (nSPS) is 15.9. The number of halogens is 3. The third-order valence-corrected chi connectivity index (χ3v) is 6.71. The number of rotatable bonds is 4. The largest absolute Gasteiger partial charge is 0.417 e. The molecule has 4 aromatic rings. The van der Waals surface area contributed by atoms with Crippen LogP contribution in [0.15, 0.2) is 72.3 Å². The fraction of sp³-hybridized carbons (Fsp3) is 0.241. The maximum absolute atomic E-state index is 13.8. The molecular formula is C29H26F3N3. The molecule has 1 heterocycles. The van der Waals surface area contributed by atoms with E-state index in [1.807, 2.05) is 18.2 Å². The molecule has 0 fully saturated rings. The minimum absolute atomic E-state index is 0.0366. The van der Waals surface area contributed by atoms with Crippen LogP contribution >= 0.6 is 0 Å². The summed E-state index contributed by atoms with van der Waals surface area (Å²) in [4.78, 5) is 9.16. The first kappa shape index (κ1) is 23.1. The van der Waals surface area contributed by atoms with Gasteiger partial charge in [0, 0.05) is 22.2 Å². The molecule has 5 rings (SSSR count). The molecule has 1 unspecified atom stereocenters. The van der Waals surface area contributed by atoms with Crippen LogP contribution in [0.4, 0.5) is 19.0 Å². The molecule has 0 saturated heterocycles. The predicted octanol–water partition coefficient (Wildman–Crippen LogP) is 8.36. The smallest absolute Gasteiger partial charge is 0.339 e. The Kier molecular flexibility index (Phi) is 5.83. The summed E-state index contributed by atoms with van der Waals surface area (Å²) >= 11 is 0. The highest BCUT2D eigenvalue weighted by Gasteiger charge is 2.34. The Morgan fingerprint density at radius 3 is 2.43 bits per heavy atom. The lowest BCUT2D eigenvalue weighted by Gasteiger charge is -2.29. The van der Waals surface area contributed by atoms with Gasteiger partial charge in [-0.3, -0.25) is 0 Å². The summed E-state index contributed by atoms with van der Waals surface area (Å²) in [6, 6.07) is 19.3. The first-order chi connectivity index (χ1) is 16.8. The van der Waals surface area contributed by atoms with Gasteiger partial charge in [-0.1, -0.05) is 55.0 Å². The average Bonchev–Trinajstić information content (AvgIpc) is 2.84. The second-order valence-corrected chi connectivity index (χ2v) is 9.14. The van der Waals surface area contributed by atoms with Gasteiger partial charge in [-0.05, 0) is 68.0 Å². The molecule has 1 N–H and O–H groups in total. The van der Waals surface area contributed by atoms with Crippen molar-refractivity contribution in [3.63, 3.8) is 0 Å². The Labute approximate surface area is 202 Å². The highest BCUT2D eigenvalue weighted by Crippen LogP contribution is 2.42. The van der Waals surface area contributed by atoms with Gasteiger partial charge in [0.2, 0.25) is 0 Å². The summed E-state index contributed by atoms with van der Waals surface area (Å²) < 4.78 is 41.3. The second-order valence-electron chi connectivity index (χ2n) is 9.14. The zero-order valence-electron chi connectivity index (χ0n) is 19.9. The van der Waals surface area contributed by atoms with Gasteiger partial charge in [0.25, 0.3) is 0 Å². The van der Waals surface area contributed by atoms with E-state index in [1.54, 1.807) is 12.1 Å². The van der Waals surface area contributed by atoms with Crippen LogP contribution < -0.4 is 5.32 Å². The van der Waals surface area contributed by atoms with E-state index in [-0.39, 0.29) is 11.4 Å². The van der Waals surface area contributed by atoms with Crippen LogP contribution in [0.1, 0.15) is 54.9 Å². The van der Waals surface area contributed by atoms with E-state index in [0.717, 1.165) is 41.1 Å². The zero-order valence-corrected chi connectivity index (χ0v) is 19.9. The van der Waals surface area contributed by atoms with Gasteiger partial charge in [-0.25, -0.2) is 9.97 Å². The van der Waals surface area contributed by atoms with Gasteiger partial charge in [0.15, 0.2) is 5.82 Å². The minimum atomic E-state index is -4.51. The zero-order chi connectivity index (χ0) is 24.7. The van der Waals surface area contributed by atoms with Gasteiger partial charge < -0.3 is 5.32 Å². The Hall–Kier alpha value is -3.67. The quantitative estimate of drug-likeness (QED) is 0.324. The number of alkyl halides is 3. The molecule has 1 aromatic heterocycles. The Bertz CT molecular complexity index is 1450. The Morgan fingerprint density at radius 1 is 0.914 bits per heavy atom. The number of aromatic nitrogens is 2. The van der Waals surface area contributed by atoms with Crippen LogP contribution in [-0.4, -0.2) is 9.97 Å². The van der Waals surface area contributed by atoms with Crippen LogP contribution in [0, 0.1) is 6.92 Å². The predicted molar refractivity (Wildman–Crippen MR) is 135 cm³/mol. The van der Waals surface area contributed by atoms with Crippen molar-refractivity contribution in [3.05, 3.63) is 94.6 Å². The van der Waals surface area contributed by atoms with Gasteiger partial charge in [0.05, 0.1) is 11.1 Å². The van der Waals surface area contributed by atoms with E-state index in [1.165, 1.54) is 23.3 Å². The molecule has 0 bridgehead atoms. The third kappa shape index (κ3) is 4.29. The number of benzene rings is 3. The van der Waals surface area contributed by atoms with Gasteiger partial charge in [0.1, 0.15) is 5.82 Å². The Morgan fingerprint density at radius 2 is 1.66 bits per heavy atom. The molecule has 35 heavy (non-hydrogen) atoms. The molecule has 0 aliphatic heterocycles. The molecule has 0 spiro atoms. The van der Waals surface area contributed by atoms with Crippen LogP contribution in [0.25, 0.3) is 28.0 Å². The number of aryl methyl sites for hydroxylation is 1. The molecule has 0 radical (unpaired) electrons. The molecule has 0 amide bonds. The number of nitrogens with zero attached hydrogens (tertiary/aromatic N) is 2. The molecule has 1 atom stereocenters. The molecule has 6 heteroatoms. The van der Waals surface area contributed by atoms with Crippen LogP contribution in [0.3, 0.4) is 0 Å². The van der Waals surface area contributed by atoms with Crippen molar-refractivity contribution in [1.29, 1.82) is 0 Å². The Balaban J connectivity index is 1.69. The van der Waals surface area contributed by atoms with E-state index < -0.39 is 11.7 Å². The summed E-state index contributed by atoms with van der Waals surface area (Å²) in [6.45, 7) is 6.37. The maximum Gasteiger partial charge on any atom is 0.417 e. The number of anilines is 1. The van der Waals surface area contributed by atoms with E-state index in [2.05, 4.69) is 54.3 Å². The standard InChI is InChI=1S/C29H26F3N3/c1-4-19-16-18(3)26(23-15-17(2)13-14-20(19)23)34-28-22-10-6-8-12-25(22)33-27(35-28)21-9-5-7-11-24(21)29(30,31)32/h5-15,19H,4,16H2,1-3H3,(H,33,34,35). The summed E-state index contributed by atoms with van der Waals surface area (Å²) in [5.41, 5.74) is 5.53. The van der Waals surface area contributed by atoms with E-state index >= 15 is 0 Å². The fourth-order valence-electron chi connectivity index (χ4n) is 4.93. The van der Waals surface area contributed by atoms with Crippen molar-refractivity contribution in [2.24, 2.45) is 0 Å². The SMILES string of the molecule is CCC1CC(C)=C(Nc2nc(-c3ccccc3C(F)(F)F)nc3ccccc23)c2cc(C)ccc21. The lowest BCUT2D eigenvalue weighted by molar-refractivity contribution is -0.137. The van der Waals surface area contributed by atoms with Crippen molar-refractivity contribution < 1.29 is 13.2 Å². The van der Waals surface area contributed by atoms with Crippen LogP contribution in [0.2, 0.25) is 0 Å². The highest BCUT2D eigenvalue weighted by atomic mass is 19.4. The molecule has 3 aromatic carbocycles. The number of allylic oxidation sites excluding steroid dienone is 1. The molecule has 0 saturated carbocycles. The van der Waals surface area contributed by atoms with Crippen molar-refractivity contribution in [1.82, 2.24) is 9.97 Å². The van der Waals surface area contributed by atoms with Gasteiger partial charge in [-0.15, -0.1) is 0 Å². The third-order valence-electron chi connectivity index (χ3n) is 6.71. The second kappa shape index (κ2) is 8.84. The highest BCUT2D eigenvalue weighted by molar-refractivity contribution is 5.95. The number of hydrogen-bond donors (Lipinski definition) is 1. The number of para-hydroxylation sites is 1. The molecule has 1 aliphatic rings. The monoisotopic (exact) mass is 473 g/mol. The van der Waals surface area contributed by atoms with Gasteiger partial charge >= 0.3 is 6.18 Å². The molecule has 1 aliphatic carbocycles. The topological polar surface area (TPSA) is 37.8 Å².